The molecule has 0 atom stereocenters. The first-order chi connectivity index (χ1) is 10.0. The topological polar surface area (TPSA) is 79.3 Å². The van der Waals surface area contributed by atoms with E-state index in [1.165, 1.54) is 30.6 Å². The van der Waals surface area contributed by atoms with Gasteiger partial charge in [0.05, 0.1) is 11.1 Å². The van der Waals surface area contributed by atoms with Crippen LogP contribution in [0.25, 0.3) is 11.1 Å². The SMILES string of the molecule is CCNC(=O)c1ccc(-c2ccncc2C(=O)O)cc1F. The molecule has 1 aromatic carbocycles. The Hall–Kier alpha value is -2.76. The van der Waals surface area contributed by atoms with Crippen molar-refractivity contribution < 1.29 is 19.1 Å². The lowest BCUT2D eigenvalue weighted by atomic mass is 10.00. The van der Waals surface area contributed by atoms with Gasteiger partial charge >= 0.3 is 5.97 Å². The van der Waals surface area contributed by atoms with Crippen LogP contribution < -0.4 is 5.32 Å². The summed E-state index contributed by atoms with van der Waals surface area (Å²) in [6, 6.07) is 5.48. The second-order valence-corrected chi connectivity index (χ2v) is 4.28. The zero-order valence-corrected chi connectivity index (χ0v) is 11.3. The normalized spacial score (nSPS) is 10.2. The van der Waals surface area contributed by atoms with Crippen molar-refractivity contribution in [3.8, 4) is 11.1 Å². The van der Waals surface area contributed by atoms with Crippen molar-refractivity contribution in [2.24, 2.45) is 0 Å². The number of halogens is 1. The Morgan fingerprint density at radius 2 is 2.05 bits per heavy atom. The Morgan fingerprint density at radius 3 is 2.67 bits per heavy atom. The number of aromatic nitrogens is 1. The van der Waals surface area contributed by atoms with Gasteiger partial charge in [0.1, 0.15) is 5.82 Å². The van der Waals surface area contributed by atoms with Gasteiger partial charge in [0.2, 0.25) is 0 Å². The van der Waals surface area contributed by atoms with E-state index in [0.717, 1.165) is 6.07 Å². The molecule has 1 aromatic heterocycles. The number of pyridine rings is 1. The lowest BCUT2D eigenvalue weighted by Crippen LogP contribution is -2.23. The number of nitrogens with one attached hydrogen (secondary N) is 1. The predicted octanol–water partition coefficient (Wildman–Crippen LogP) is 2.34. The van der Waals surface area contributed by atoms with Gasteiger partial charge in [-0.25, -0.2) is 9.18 Å². The van der Waals surface area contributed by atoms with E-state index in [2.05, 4.69) is 10.3 Å². The van der Waals surface area contributed by atoms with Crippen molar-refractivity contribution in [1.82, 2.24) is 10.3 Å². The summed E-state index contributed by atoms with van der Waals surface area (Å²) in [7, 11) is 0. The molecule has 0 unspecified atom stereocenters. The van der Waals surface area contributed by atoms with Crippen LogP contribution in [0.3, 0.4) is 0 Å². The molecule has 0 fully saturated rings. The summed E-state index contributed by atoms with van der Waals surface area (Å²) in [5.74, 6) is -2.35. The molecule has 1 amide bonds. The van der Waals surface area contributed by atoms with Gasteiger partial charge in [-0.1, -0.05) is 6.07 Å². The molecule has 0 aliphatic rings. The molecule has 1 heterocycles. The zero-order valence-electron chi connectivity index (χ0n) is 11.3. The van der Waals surface area contributed by atoms with Crippen LogP contribution in [0.15, 0.2) is 36.7 Å². The minimum absolute atomic E-state index is 0.0253. The highest BCUT2D eigenvalue weighted by Crippen LogP contribution is 2.25. The van der Waals surface area contributed by atoms with Crippen LogP contribution in [0.2, 0.25) is 0 Å². The van der Waals surface area contributed by atoms with Crippen LogP contribution in [-0.2, 0) is 0 Å². The van der Waals surface area contributed by atoms with Crippen LogP contribution in [0.1, 0.15) is 27.6 Å². The lowest BCUT2D eigenvalue weighted by molar-refractivity contribution is 0.0697. The van der Waals surface area contributed by atoms with Crippen molar-refractivity contribution in [3.05, 3.63) is 53.6 Å². The Bertz CT molecular complexity index is 701. The molecular formula is C15H13FN2O3. The predicted molar refractivity (Wildman–Crippen MR) is 74.6 cm³/mol. The van der Waals surface area contributed by atoms with Crippen LogP contribution in [0.4, 0.5) is 4.39 Å². The van der Waals surface area contributed by atoms with Crippen molar-refractivity contribution in [2.45, 2.75) is 6.92 Å². The number of amides is 1. The van der Waals surface area contributed by atoms with E-state index in [1.54, 1.807) is 6.92 Å². The van der Waals surface area contributed by atoms with E-state index < -0.39 is 17.7 Å². The molecule has 0 saturated carbocycles. The summed E-state index contributed by atoms with van der Waals surface area (Å²) in [4.78, 5) is 26.5. The average Bonchev–Trinajstić information content (AvgIpc) is 2.47. The molecule has 2 N–H and O–H groups in total. The van der Waals surface area contributed by atoms with Crippen LogP contribution in [0.5, 0.6) is 0 Å². The number of rotatable bonds is 4. The number of carbonyl (C=O) groups is 2. The summed E-state index contributed by atoms with van der Waals surface area (Å²) in [6.07, 6.45) is 2.63. The molecule has 0 radical (unpaired) electrons. The molecule has 21 heavy (non-hydrogen) atoms. The Balaban J connectivity index is 2.46. The summed E-state index contributed by atoms with van der Waals surface area (Å²) >= 11 is 0. The summed E-state index contributed by atoms with van der Waals surface area (Å²) in [6.45, 7) is 2.13. The minimum atomic E-state index is -1.15. The van der Waals surface area contributed by atoms with E-state index in [4.69, 9.17) is 5.11 Å². The van der Waals surface area contributed by atoms with Gasteiger partial charge in [0, 0.05) is 18.9 Å². The molecule has 5 nitrogen and oxygen atoms in total. The molecule has 6 heteroatoms. The molecule has 0 aliphatic heterocycles. The van der Waals surface area contributed by atoms with Gasteiger partial charge in [-0.05, 0) is 36.2 Å². The van der Waals surface area contributed by atoms with Gasteiger partial charge in [-0.3, -0.25) is 9.78 Å². The quantitative estimate of drug-likeness (QED) is 0.905. The van der Waals surface area contributed by atoms with Gasteiger partial charge in [0.25, 0.3) is 5.91 Å². The van der Waals surface area contributed by atoms with Gasteiger partial charge in [0.15, 0.2) is 0 Å². The first-order valence-corrected chi connectivity index (χ1v) is 6.30. The van der Waals surface area contributed by atoms with Crippen molar-refractivity contribution in [1.29, 1.82) is 0 Å². The standard InChI is InChI=1S/C15H13FN2O3/c1-2-18-14(19)11-4-3-9(7-13(11)16)10-5-6-17-8-12(10)15(20)21/h3-8H,2H2,1H3,(H,18,19)(H,20,21). The smallest absolute Gasteiger partial charge is 0.337 e. The summed E-state index contributed by atoms with van der Waals surface area (Å²) < 4.78 is 14.0. The fourth-order valence-electron chi connectivity index (χ4n) is 1.94. The summed E-state index contributed by atoms with van der Waals surface area (Å²) in [5, 5.41) is 11.6. The fourth-order valence-corrected chi connectivity index (χ4v) is 1.94. The second kappa shape index (κ2) is 6.13. The average molecular weight is 288 g/mol. The molecule has 0 aliphatic carbocycles. The number of hydrogen-bond donors (Lipinski definition) is 2. The Labute approximate surface area is 120 Å². The minimum Gasteiger partial charge on any atom is -0.478 e. The third kappa shape index (κ3) is 3.05. The van der Waals surface area contributed by atoms with Crippen LogP contribution in [0, 0.1) is 5.82 Å². The first-order valence-electron chi connectivity index (χ1n) is 6.30. The molecular weight excluding hydrogens is 275 g/mol. The Morgan fingerprint density at radius 1 is 1.29 bits per heavy atom. The maximum atomic E-state index is 14.0. The number of carbonyl (C=O) groups excluding carboxylic acids is 1. The van der Waals surface area contributed by atoms with Crippen molar-refractivity contribution in [2.75, 3.05) is 6.54 Å². The summed E-state index contributed by atoms with van der Waals surface area (Å²) in [5.41, 5.74) is 0.619. The van der Waals surface area contributed by atoms with Crippen molar-refractivity contribution >= 4 is 11.9 Å². The van der Waals surface area contributed by atoms with Gasteiger partial charge in [-0.2, -0.15) is 0 Å². The second-order valence-electron chi connectivity index (χ2n) is 4.28. The molecule has 0 spiro atoms. The number of carboxylic acid groups (broad SMARTS) is 1. The van der Waals surface area contributed by atoms with E-state index in [1.807, 2.05) is 0 Å². The fraction of sp³-hybridized carbons (Fsp3) is 0.133. The van der Waals surface area contributed by atoms with Gasteiger partial charge in [-0.15, -0.1) is 0 Å². The van der Waals surface area contributed by atoms with Gasteiger partial charge < -0.3 is 10.4 Å². The number of carboxylic acids is 1. The van der Waals surface area contributed by atoms with E-state index in [-0.39, 0.29) is 11.1 Å². The number of benzene rings is 1. The molecule has 2 aromatic rings. The number of hydrogen-bond acceptors (Lipinski definition) is 3. The zero-order chi connectivity index (χ0) is 15.4. The highest BCUT2D eigenvalue weighted by molar-refractivity contribution is 5.97. The highest BCUT2D eigenvalue weighted by Gasteiger charge is 2.15. The monoisotopic (exact) mass is 288 g/mol. The molecule has 0 saturated heterocycles. The Kier molecular flexibility index (Phi) is 4.27. The first kappa shape index (κ1) is 14.6. The maximum Gasteiger partial charge on any atom is 0.337 e. The number of nitrogens with zero attached hydrogens (tertiary/aromatic N) is 1. The van der Waals surface area contributed by atoms with E-state index in [0.29, 0.717) is 17.7 Å². The van der Waals surface area contributed by atoms with E-state index in [9.17, 15) is 14.0 Å². The maximum absolute atomic E-state index is 14.0. The molecule has 108 valence electrons. The van der Waals surface area contributed by atoms with Crippen molar-refractivity contribution in [3.63, 3.8) is 0 Å². The van der Waals surface area contributed by atoms with Crippen LogP contribution in [-0.4, -0.2) is 28.5 Å². The number of aromatic carboxylic acids is 1. The highest BCUT2D eigenvalue weighted by atomic mass is 19.1. The molecule has 2 rings (SSSR count). The third-order valence-electron chi connectivity index (χ3n) is 2.91. The molecule has 0 bridgehead atoms. The lowest BCUT2D eigenvalue weighted by Gasteiger charge is -2.08. The van der Waals surface area contributed by atoms with Crippen LogP contribution >= 0.6 is 0 Å². The third-order valence-corrected chi connectivity index (χ3v) is 2.91. The largest absolute Gasteiger partial charge is 0.478 e. The van der Waals surface area contributed by atoms with E-state index >= 15 is 0 Å².